The van der Waals surface area contributed by atoms with Crippen LogP contribution in [-0.2, 0) is 4.79 Å². The van der Waals surface area contributed by atoms with E-state index in [-0.39, 0.29) is 11.8 Å². The molecule has 2 atom stereocenters. The third-order valence-corrected chi connectivity index (χ3v) is 2.02. The van der Waals surface area contributed by atoms with E-state index in [1.54, 1.807) is 19.0 Å². The Kier molecular flexibility index (Phi) is 1.94. The summed E-state index contributed by atoms with van der Waals surface area (Å²) in [5.74, 6) is 0.459. The van der Waals surface area contributed by atoms with Crippen LogP contribution in [0.15, 0.2) is 0 Å². The van der Waals surface area contributed by atoms with E-state index in [2.05, 4.69) is 5.32 Å². The van der Waals surface area contributed by atoms with Gasteiger partial charge in [-0.1, -0.05) is 0 Å². The number of hydrogen-bond donors (Lipinski definition) is 1. The van der Waals surface area contributed by atoms with Gasteiger partial charge < -0.3 is 10.2 Å². The molecule has 0 saturated carbocycles. The van der Waals surface area contributed by atoms with E-state index < -0.39 is 0 Å². The smallest absolute Gasteiger partial charge is 0.228 e. The minimum absolute atomic E-state index is 0.218. The third-order valence-electron chi connectivity index (χ3n) is 2.02. The van der Waals surface area contributed by atoms with Gasteiger partial charge in [-0.2, -0.15) is 0 Å². The molecule has 10 heavy (non-hydrogen) atoms. The van der Waals surface area contributed by atoms with Crippen LogP contribution >= 0.6 is 0 Å². The number of carbonyl (C=O) groups is 1. The van der Waals surface area contributed by atoms with Crippen molar-refractivity contribution >= 4 is 5.91 Å². The Labute approximate surface area is 61.4 Å². The second-order valence-corrected chi connectivity index (χ2v) is 3.04. The summed E-state index contributed by atoms with van der Waals surface area (Å²) >= 11 is 0. The summed E-state index contributed by atoms with van der Waals surface area (Å²) in [5, 5.41) is 3.15. The van der Waals surface area contributed by atoms with Gasteiger partial charge >= 0.3 is 0 Å². The summed E-state index contributed by atoms with van der Waals surface area (Å²) in [6.45, 7) is 2.88. The molecule has 3 nitrogen and oxygen atoms in total. The Balaban J connectivity index is 2.42. The molecule has 58 valence electrons. The van der Waals surface area contributed by atoms with E-state index in [9.17, 15) is 4.79 Å². The lowest BCUT2D eigenvalue weighted by Crippen LogP contribution is -2.57. The first-order valence-corrected chi connectivity index (χ1v) is 3.57. The standard InChI is InChI=1S/C7H14N2O/c1-5-6(4-8-5)7(10)9(2)3/h5-6,8H,4H2,1-3H3. The highest BCUT2D eigenvalue weighted by Crippen LogP contribution is 2.13. The Morgan fingerprint density at radius 2 is 2.20 bits per heavy atom. The first-order valence-electron chi connectivity index (χ1n) is 3.57. The van der Waals surface area contributed by atoms with Crippen molar-refractivity contribution < 1.29 is 4.79 Å². The number of nitrogens with zero attached hydrogens (tertiary/aromatic N) is 1. The summed E-state index contributed by atoms with van der Waals surface area (Å²) in [4.78, 5) is 12.9. The lowest BCUT2D eigenvalue weighted by molar-refractivity contribution is -0.136. The van der Waals surface area contributed by atoms with Gasteiger partial charge in [-0.25, -0.2) is 0 Å². The Morgan fingerprint density at radius 3 is 2.30 bits per heavy atom. The highest BCUT2D eigenvalue weighted by Gasteiger charge is 2.33. The molecule has 0 radical (unpaired) electrons. The van der Waals surface area contributed by atoms with E-state index in [1.165, 1.54) is 0 Å². The fourth-order valence-corrected chi connectivity index (χ4v) is 1.10. The molecule has 0 bridgehead atoms. The number of carbonyl (C=O) groups excluding carboxylic acids is 1. The second-order valence-electron chi connectivity index (χ2n) is 3.04. The number of hydrogen-bond acceptors (Lipinski definition) is 2. The molecule has 1 amide bonds. The first-order chi connectivity index (χ1) is 4.63. The van der Waals surface area contributed by atoms with Crippen LogP contribution in [-0.4, -0.2) is 37.5 Å². The molecular weight excluding hydrogens is 128 g/mol. The van der Waals surface area contributed by atoms with Crippen LogP contribution in [0.25, 0.3) is 0 Å². The number of amides is 1. The van der Waals surface area contributed by atoms with Crippen molar-refractivity contribution in [3.8, 4) is 0 Å². The van der Waals surface area contributed by atoms with Gasteiger partial charge in [0.15, 0.2) is 0 Å². The summed E-state index contributed by atoms with van der Waals surface area (Å²) in [7, 11) is 3.60. The summed E-state index contributed by atoms with van der Waals surface area (Å²) < 4.78 is 0. The minimum Gasteiger partial charge on any atom is -0.348 e. The first kappa shape index (κ1) is 7.54. The topological polar surface area (TPSA) is 32.3 Å². The van der Waals surface area contributed by atoms with Gasteiger partial charge in [0, 0.05) is 26.7 Å². The van der Waals surface area contributed by atoms with Crippen molar-refractivity contribution in [2.24, 2.45) is 5.92 Å². The molecule has 0 aromatic heterocycles. The maximum Gasteiger partial charge on any atom is 0.228 e. The van der Waals surface area contributed by atoms with Crippen molar-refractivity contribution in [1.29, 1.82) is 0 Å². The minimum atomic E-state index is 0.218. The molecule has 1 rings (SSSR count). The molecule has 2 unspecified atom stereocenters. The van der Waals surface area contributed by atoms with Crippen LogP contribution in [0.5, 0.6) is 0 Å². The van der Waals surface area contributed by atoms with Gasteiger partial charge in [0.2, 0.25) is 5.91 Å². The Morgan fingerprint density at radius 1 is 1.60 bits per heavy atom. The van der Waals surface area contributed by atoms with Crippen LogP contribution in [0.2, 0.25) is 0 Å². The van der Waals surface area contributed by atoms with E-state index in [0.29, 0.717) is 6.04 Å². The molecule has 3 heteroatoms. The second kappa shape index (κ2) is 2.58. The average Bonchev–Trinajstić information content (AvgIpc) is 1.84. The average molecular weight is 142 g/mol. The number of nitrogens with one attached hydrogen (secondary N) is 1. The van der Waals surface area contributed by atoms with E-state index in [0.717, 1.165) is 6.54 Å². The fraction of sp³-hybridized carbons (Fsp3) is 0.857. The summed E-state index contributed by atoms with van der Waals surface area (Å²) in [5.41, 5.74) is 0. The van der Waals surface area contributed by atoms with Crippen molar-refractivity contribution in [3.63, 3.8) is 0 Å². The highest BCUT2D eigenvalue weighted by atomic mass is 16.2. The van der Waals surface area contributed by atoms with Crippen molar-refractivity contribution in [2.75, 3.05) is 20.6 Å². The molecule has 1 heterocycles. The summed E-state index contributed by atoms with van der Waals surface area (Å²) in [6, 6.07) is 0.370. The lowest BCUT2D eigenvalue weighted by Gasteiger charge is -2.35. The van der Waals surface area contributed by atoms with Gasteiger partial charge in [0.25, 0.3) is 0 Å². The SMILES string of the molecule is CC1NCC1C(=O)N(C)C. The van der Waals surface area contributed by atoms with Crippen LogP contribution < -0.4 is 5.32 Å². The molecule has 0 aromatic rings. The van der Waals surface area contributed by atoms with E-state index in [1.807, 2.05) is 6.92 Å². The number of rotatable bonds is 1. The molecule has 1 saturated heterocycles. The lowest BCUT2D eigenvalue weighted by atomic mass is 9.92. The van der Waals surface area contributed by atoms with Gasteiger partial charge in [-0.05, 0) is 6.92 Å². The molecule has 1 N–H and O–H groups in total. The summed E-state index contributed by atoms with van der Waals surface area (Å²) in [6.07, 6.45) is 0. The van der Waals surface area contributed by atoms with Crippen molar-refractivity contribution in [1.82, 2.24) is 10.2 Å². The Bertz CT molecular complexity index is 145. The van der Waals surface area contributed by atoms with Gasteiger partial charge in [0.1, 0.15) is 0 Å². The van der Waals surface area contributed by atoms with E-state index in [4.69, 9.17) is 0 Å². The molecule has 0 aromatic carbocycles. The molecule has 0 aliphatic carbocycles. The zero-order chi connectivity index (χ0) is 7.72. The zero-order valence-electron chi connectivity index (χ0n) is 6.72. The fourth-order valence-electron chi connectivity index (χ4n) is 1.10. The van der Waals surface area contributed by atoms with Gasteiger partial charge in [0.05, 0.1) is 5.92 Å². The molecule has 0 spiro atoms. The quantitative estimate of drug-likeness (QED) is 0.544. The third kappa shape index (κ3) is 1.14. The monoisotopic (exact) mass is 142 g/mol. The largest absolute Gasteiger partial charge is 0.348 e. The van der Waals surface area contributed by atoms with Crippen LogP contribution in [0.4, 0.5) is 0 Å². The molecular formula is C7H14N2O. The zero-order valence-corrected chi connectivity index (χ0v) is 6.72. The van der Waals surface area contributed by atoms with Crippen molar-refractivity contribution in [3.05, 3.63) is 0 Å². The highest BCUT2D eigenvalue weighted by molar-refractivity contribution is 5.80. The van der Waals surface area contributed by atoms with Crippen molar-refractivity contribution in [2.45, 2.75) is 13.0 Å². The predicted molar refractivity (Wildman–Crippen MR) is 39.6 cm³/mol. The van der Waals surface area contributed by atoms with Crippen LogP contribution in [0, 0.1) is 5.92 Å². The van der Waals surface area contributed by atoms with Crippen LogP contribution in [0.1, 0.15) is 6.92 Å². The Hall–Kier alpha value is -0.570. The normalized spacial score (nSPS) is 31.1. The van der Waals surface area contributed by atoms with Crippen LogP contribution in [0.3, 0.4) is 0 Å². The molecule has 1 aliphatic rings. The van der Waals surface area contributed by atoms with Gasteiger partial charge in [-0.15, -0.1) is 0 Å². The van der Waals surface area contributed by atoms with E-state index >= 15 is 0 Å². The predicted octanol–water partition coefficient (Wildman–Crippen LogP) is -0.317. The molecule has 1 fully saturated rings. The molecule has 1 aliphatic heterocycles. The maximum atomic E-state index is 11.2. The maximum absolute atomic E-state index is 11.2. The van der Waals surface area contributed by atoms with Gasteiger partial charge in [-0.3, -0.25) is 4.79 Å².